The van der Waals surface area contributed by atoms with E-state index in [1.165, 1.54) is 32.1 Å². The van der Waals surface area contributed by atoms with E-state index in [1.54, 1.807) is 0 Å². The van der Waals surface area contributed by atoms with Gasteiger partial charge in [-0.1, -0.05) is 26.0 Å². The molecule has 2 saturated carbocycles. The first-order valence-electron chi connectivity index (χ1n) is 7.41. The van der Waals surface area contributed by atoms with E-state index in [-0.39, 0.29) is 6.10 Å². The standard InChI is InChI=1S/C16H26O/c1-15(2,13-3-5-14(17)6-4-13)16-9-7-12(11-16)8-10-16/h7,9,12-14,17H,3-6,8,10-11H2,1-2H3. The molecule has 17 heavy (non-hydrogen) atoms. The van der Waals surface area contributed by atoms with Crippen molar-refractivity contribution in [3.8, 4) is 0 Å². The fourth-order valence-electron chi connectivity index (χ4n) is 4.75. The van der Waals surface area contributed by atoms with Crippen LogP contribution in [0.15, 0.2) is 12.2 Å². The summed E-state index contributed by atoms with van der Waals surface area (Å²) in [5.41, 5.74) is 0.916. The van der Waals surface area contributed by atoms with E-state index in [2.05, 4.69) is 26.0 Å². The molecule has 3 aliphatic rings. The van der Waals surface area contributed by atoms with Crippen LogP contribution in [0.2, 0.25) is 0 Å². The average Bonchev–Trinajstić information content (AvgIpc) is 2.91. The van der Waals surface area contributed by atoms with E-state index in [9.17, 15) is 5.11 Å². The quantitative estimate of drug-likeness (QED) is 0.718. The van der Waals surface area contributed by atoms with Gasteiger partial charge < -0.3 is 5.11 Å². The Kier molecular flexibility index (Phi) is 2.66. The Morgan fingerprint density at radius 2 is 1.82 bits per heavy atom. The van der Waals surface area contributed by atoms with Crippen LogP contribution in [0.5, 0.6) is 0 Å². The number of hydrogen-bond acceptors (Lipinski definition) is 1. The smallest absolute Gasteiger partial charge is 0.0540 e. The molecular weight excluding hydrogens is 208 g/mol. The van der Waals surface area contributed by atoms with Gasteiger partial charge >= 0.3 is 0 Å². The molecule has 0 aromatic heterocycles. The molecule has 3 aliphatic carbocycles. The van der Waals surface area contributed by atoms with Gasteiger partial charge in [0.15, 0.2) is 0 Å². The van der Waals surface area contributed by atoms with Gasteiger partial charge in [0, 0.05) is 0 Å². The normalized spacial score (nSPS) is 45.5. The molecule has 1 nitrogen and oxygen atoms in total. The van der Waals surface area contributed by atoms with E-state index in [4.69, 9.17) is 0 Å². The fraction of sp³-hybridized carbons (Fsp3) is 0.875. The molecular formula is C16H26O. The van der Waals surface area contributed by atoms with Gasteiger partial charge in [0.05, 0.1) is 6.10 Å². The molecule has 0 aliphatic heterocycles. The van der Waals surface area contributed by atoms with Crippen LogP contribution >= 0.6 is 0 Å². The van der Waals surface area contributed by atoms with Crippen molar-refractivity contribution in [2.75, 3.05) is 0 Å². The van der Waals surface area contributed by atoms with Crippen molar-refractivity contribution in [1.29, 1.82) is 0 Å². The maximum Gasteiger partial charge on any atom is 0.0540 e. The summed E-state index contributed by atoms with van der Waals surface area (Å²) in [5.74, 6) is 1.69. The van der Waals surface area contributed by atoms with Crippen molar-refractivity contribution in [2.24, 2.45) is 22.7 Å². The number of hydrogen-bond donors (Lipinski definition) is 1. The average molecular weight is 234 g/mol. The van der Waals surface area contributed by atoms with Gasteiger partial charge in [-0.25, -0.2) is 0 Å². The molecule has 2 fully saturated rings. The van der Waals surface area contributed by atoms with Gasteiger partial charge in [-0.15, -0.1) is 0 Å². The van der Waals surface area contributed by atoms with Crippen LogP contribution in [0.3, 0.4) is 0 Å². The summed E-state index contributed by atoms with van der Waals surface area (Å²) in [6, 6.07) is 0. The van der Waals surface area contributed by atoms with Crippen molar-refractivity contribution >= 4 is 0 Å². The van der Waals surface area contributed by atoms with Crippen LogP contribution in [0.4, 0.5) is 0 Å². The van der Waals surface area contributed by atoms with Crippen LogP contribution in [0.25, 0.3) is 0 Å². The number of allylic oxidation sites excluding steroid dienone is 2. The zero-order valence-corrected chi connectivity index (χ0v) is 11.3. The van der Waals surface area contributed by atoms with Gasteiger partial charge in [-0.2, -0.15) is 0 Å². The molecule has 0 heterocycles. The Morgan fingerprint density at radius 3 is 2.29 bits per heavy atom. The second-order valence-electron chi connectivity index (χ2n) is 7.25. The Balaban J connectivity index is 1.79. The molecule has 96 valence electrons. The topological polar surface area (TPSA) is 20.2 Å². The zero-order chi connectivity index (χ0) is 12.1. The number of aliphatic hydroxyl groups is 1. The molecule has 0 saturated heterocycles. The van der Waals surface area contributed by atoms with Crippen LogP contribution in [-0.4, -0.2) is 11.2 Å². The first-order chi connectivity index (χ1) is 8.03. The minimum atomic E-state index is -0.0185. The lowest BCUT2D eigenvalue weighted by molar-refractivity contribution is 0.00471. The molecule has 2 atom stereocenters. The summed E-state index contributed by atoms with van der Waals surface area (Å²) in [7, 11) is 0. The lowest BCUT2D eigenvalue weighted by atomic mass is 9.56. The Morgan fingerprint density at radius 1 is 1.12 bits per heavy atom. The van der Waals surface area contributed by atoms with Gasteiger partial charge in [0.2, 0.25) is 0 Å². The van der Waals surface area contributed by atoms with E-state index < -0.39 is 0 Å². The third kappa shape index (κ3) is 1.69. The highest BCUT2D eigenvalue weighted by atomic mass is 16.3. The summed E-state index contributed by atoms with van der Waals surface area (Å²) < 4.78 is 0. The van der Waals surface area contributed by atoms with Crippen molar-refractivity contribution in [1.82, 2.24) is 0 Å². The van der Waals surface area contributed by atoms with Crippen molar-refractivity contribution in [3.05, 3.63) is 12.2 Å². The second-order valence-corrected chi connectivity index (χ2v) is 7.25. The summed E-state index contributed by atoms with van der Waals surface area (Å²) >= 11 is 0. The first-order valence-corrected chi connectivity index (χ1v) is 7.41. The monoisotopic (exact) mass is 234 g/mol. The molecule has 0 radical (unpaired) electrons. The highest BCUT2D eigenvalue weighted by Crippen LogP contribution is 2.62. The predicted molar refractivity (Wildman–Crippen MR) is 70.7 cm³/mol. The van der Waals surface area contributed by atoms with Crippen LogP contribution < -0.4 is 0 Å². The largest absolute Gasteiger partial charge is 0.393 e. The molecule has 2 bridgehead atoms. The minimum Gasteiger partial charge on any atom is -0.393 e. The third-order valence-electron chi connectivity index (χ3n) is 6.28. The van der Waals surface area contributed by atoms with Crippen molar-refractivity contribution in [3.63, 3.8) is 0 Å². The molecule has 0 amide bonds. The lowest BCUT2D eigenvalue weighted by Crippen LogP contribution is -2.41. The molecule has 2 unspecified atom stereocenters. The summed E-state index contributed by atoms with van der Waals surface area (Å²) in [4.78, 5) is 0. The maximum absolute atomic E-state index is 9.67. The fourth-order valence-corrected chi connectivity index (χ4v) is 4.75. The molecule has 0 spiro atoms. The molecule has 3 rings (SSSR count). The highest BCUT2D eigenvalue weighted by molar-refractivity contribution is 5.20. The minimum absolute atomic E-state index is 0.0185. The van der Waals surface area contributed by atoms with Crippen molar-refractivity contribution < 1.29 is 5.11 Å². The Labute approximate surface area is 105 Å². The third-order valence-corrected chi connectivity index (χ3v) is 6.28. The lowest BCUT2D eigenvalue weighted by Gasteiger charge is -2.49. The van der Waals surface area contributed by atoms with Crippen molar-refractivity contribution in [2.45, 2.75) is 64.9 Å². The van der Waals surface area contributed by atoms with E-state index in [1.807, 2.05) is 0 Å². The number of aliphatic hydroxyl groups excluding tert-OH is 1. The summed E-state index contributed by atoms with van der Waals surface area (Å²) in [5, 5.41) is 9.67. The van der Waals surface area contributed by atoms with E-state index in [0.717, 1.165) is 24.7 Å². The van der Waals surface area contributed by atoms with E-state index in [0.29, 0.717) is 10.8 Å². The Hall–Kier alpha value is -0.300. The maximum atomic E-state index is 9.67. The number of rotatable bonds is 2. The van der Waals surface area contributed by atoms with Gasteiger partial charge in [0.25, 0.3) is 0 Å². The highest BCUT2D eigenvalue weighted by Gasteiger charge is 2.53. The molecule has 1 N–H and O–H groups in total. The second kappa shape index (κ2) is 3.85. The predicted octanol–water partition coefficient (Wildman–Crippen LogP) is 3.92. The van der Waals surface area contributed by atoms with Gasteiger partial charge in [0.1, 0.15) is 0 Å². The van der Waals surface area contributed by atoms with Gasteiger partial charge in [-0.05, 0) is 67.6 Å². The first kappa shape index (κ1) is 11.8. The molecule has 0 aromatic carbocycles. The van der Waals surface area contributed by atoms with E-state index >= 15 is 0 Å². The molecule has 0 aromatic rings. The zero-order valence-electron chi connectivity index (χ0n) is 11.3. The van der Waals surface area contributed by atoms with Crippen LogP contribution in [-0.2, 0) is 0 Å². The molecule has 1 heteroatoms. The van der Waals surface area contributed by atoms with Gasteiger partial charge in [-0.3, -0.25) is 0 Å². The van der Waals surface area contributed by atoms with Crippen LogP contribution in [0, 0.1) is 22.7 Å². The van der Waals surface area contributed by atoms with Crippen LogP contribution in [0.1, 0.15) is 58.8 Å². The summed E-state index contributed by atoms with van der Waals surface area (Å²) in [6.45, 7) is 4.99. The summed E-state index contributed by atoms with van der Waals surface area (Å²) in [6.07, 6.45) is 13.7. The SMILES string of the molecule is CC(C)(C1CCC(O)CC1)C12C=CC(CC1)C2. The Bertz CT molecular complexity index is 322. The number of fused-ring (bicyclic) bond motifs is 2.